The van der Waals surface area contributed by atoms with Gasteiger partial charge < -0.3 is 10.6 Å². The van der Waals surface area contributed by atoms with Crippen LogP contribution in [0.2, 0.25) is 0 Å². The predicted molar refractivity (Wildman–Crippen MR) is 65.4 cm³/mol. The number of aryl methyl sites for hydroxylation is 1. The maximum absolute atomic E-state index is 13.6. The number of hydrogen-bond donors (Lipinski definition) is 2. The van der Waals surface area contributed by atoms with Gasteiger partial charge in [0.25, 0.3) is 0 Å². The van der Waals surface area contributed by atoms with E-state index in [2.05, 4.69) is 10.6 Å². The van der Waals surface area contributed by atoms with Crippen molar-refractivity contribution >= 4 is 11.6 Å². The maximum atomic E-state index is 13.6. The van der Waals surface area contributed by atoms with Crippen LogP contribution in [0.25, 0.3) is 0 Å². The number of benzene rings is 1. The number of amides is 1. The van der Waals surface area contributed by atoms with Crippen molar-refractivity contribution in [3.63, 3.8) is 0 Å². The third-order valence-electron chi connectivity index (χ3n) is 2.99. The molecule has 0 aromatic heterocycles. The van der Waals surface area contributed by atoms with Gasteiger partial charge in [0.15, 0.2) is 0 Å². The summed E-state index contributed by atoms with van der Waals surface area (Å²) in [6.07, 6.45) is 2.71. The Labute approximate surface area is 100 Å². The van der Waals surface area contributed by atoms with Gasteiger partial charge in [0, 0.05) is 6.54 Å². The first-order chi connectivity index (χ1) is 8.16. The topological polar surface area (TPSA) is 41.1 Å². The minimum atomic E-state index is -0.324. The van der Waals surface area contributed by atoms with E-state index in [4.69, 9.17) is 0 Å². The largest absolute Gasteiger partial charge is 0.371 e. The van der Waals surface area contributed by atoms with Crippen molar-refractivity contribution in [3.8, 4) is 0 Å². The van der Waals surface area contributed by atoms with Crippen LogP contribution in [0.5, 0.6) is 0 Å². The Morgan fingerprint density at radius 1 is 1.41 bits per heavy atom. The smallest absolute Gasteiger partial charge is 0.242 e. The first kappa shape index (κ1) is 11.9. The van der Waals surface area contributed by atoms with Crippen LogP contribution >= 0.6 is 0 Å². The average Bonchev–Trinajstić information content (AvgIpc) is 2.48. The van der Waals surface area contributed by atoms with E-state index in [1.807, 2.05) is 13.0 Å². The van der Waals surface area contributed by atoms with Gasteiger partial charge in [-0.25, -0.2) is 4.39 Å². The SMILES string of the molecule is Cc1ccc(NC2CCCCNC2=O)c(F)c1. The molecule has 1 fully saturated rings. The molecule has 2 N–H and O–H groups in total. The van der Waals surface area contributed by atoms with Crippen molar-refractivity contribution in [2.45, 2.75) is 32.2 Å². The van der Waals surface area contributed by atoms with Crippen molar-refractivity contribution < 1.29 is 9.18 Å². The Morgan fingerprint density at radius 3 is 3.00 bits per heavy atom. The molecule has 92 valence electrons. The molecule has 0 saturated carbocycles. The van der Waals surface area contributed by atoms with Gasteiger partial charge >= 0.3 is 0 Å². The minimum absolute atomic E-state index is 0.0394. The zero-order chi connectivity index (χ0) is 12.3. The standard InChI is InChI=1S/C13H17FN2O/c1-9-5-6-11(10(14)8-9)16-12-4-2-3-7-15-13(12)17/h5-6,8,12,16H,2-4,7H2,1H3,(H,15,17). The number of nitrogens with one attached hydrogen (secondary N) is 2. The Morgan fingerprint density at radius 2 is 2.24 bits per heavy atom. The van der Waals surface area contributed by atoms with Crippen LogP contribution in [0, 0.1) is 12.7 Å². The molecule has 0 spiro atoms. The second-order valence-corrected chi connectivity index (χ2v) is 4.47. The molecule has 1 atom stereocenters. The molecule has 17 heavy (non-hydrogen) atoms. The van der Waals surface area contributed by atoms with E-state index in [1.54, 1.807) is 6.07 Å². The van der Waals surface area contributed by atoms with E-state index in [0.717, 1.165) is 24.8 Å². The first-order valence-corrected chi connectivity index (χ1v) is 5.97. The van der Waals surface area contributed by atoms with Gasteiger partial charge in [0.2, 0.25) is 5.91 Å². The Kier molecular flexibility index (Phi) is 3.61. The fourth-order valence-electron chi connectivity index (χ4n) is 2.00. The zero-order valence-electron chi connectivity index (χ0n) is 9.92. The molecule has 1 saturated heterocycles. The number of anilines is 1. The molecule has 4 heteroatoms. The molecule has 1 unspecified atom stereocenters. The molecule has 3 nitrogen and oxygen atoms in total. The van der Waals surface area contributed by atoms with Crippen LogP contribution in [-0.2, 0) is 4.79 Å². The minimum Gasteiger partial charge on any atom is -0.371 e. The fraction of sp³-hybridized carbons (Fsp3) is 0.462. The van der Waals surface area contributed by atoms with Crippen molar-refractivity contribution in [2.75, 3.05) is 11.9 Å². The number of halogens is 1. The van der Waals surface area contributed by atoms with Gasteiger partial charge in [-0.05, 0) is 43.9 Å². The summed E-state index contributed by atoms with van der Waals surface area (Å²) in [5.41, 5.74) is 1.27. The van der Waals surface area contributed by atoms with Gasteiger partial charge in [-0.3, -0.25) is 4.79 Å². The van der Waals surface area contributed by atoms with E-state index in [-0.39, 0.29) is 17.8 Å². The van der Waals surface area contributed by atoms with E-state index in [1.165, 1.54) is 6.07 Å². The van der Waals surface area contributed by atoms with Crippen molar-refractivity contribution in [1.82, 2.24) is 5.32 Å². The number of carbonyl (C=O) groups is 1. The van der Waals surface area contributed by atoms with Crippen LogP contribution in [0.3, 0.4) is 0 Å². The molecule has 1 aromatic rings. The van der Waals surface area contributed by atoms with Crippen molar-refractivity contribution in [3.05, 3.63) is 29.6 Å². The molecular formula is C13H17FN2O. The van der Waals surface area contributed by atoms with E-state index in [9.17, 15) is 9.18 Å². The second kappa shape index (κ2) is 5.17. The quantitative estimate of drug-likeness (QED) is 0.826. The molecule has 0 bridgehead atoms. The van der Waals surface area contributed by atoms with Gasteiger partial charge in [0.1, 0.15) is 11.9 Å². The first-order valence-electron chi connectivity index (χ1n) is 5.97. The van der Waals surface area contributed by atoms with E-state index < -0.39 is 0 Å². The molecule has 0 aliphatic carbocycles. The summed E-state index contributed by atoms with van der Waals surface area (Å²) in [4.78, 5) is 11.7. The molecule has 1 aliphatic heterocycles. The van der Waals surface area contributed by atoms with Crippen LogP contribution in [0.15, 0.2) is 18.2 Å². The summed E-state index contributed by atoms with van der Waals surface area (Å²) in [6.45, 7) is 2.55. The highest BCUT2D eigenvalue weighted by Gasteiger charge is 2.21. The van der Waals surface area contributed by atoms with Crippen molar-refractivity contribution in [2.24, 2.45) is 0 Å². The van der Waals surface area contributed by atoms with Crippen LogP contribution in [0.4, 0.5) is 10.1 Å². The number of carbonyl (C=O) groups excluding carboxylic acids is 1. The summed E-state index contributed by atoms with van der Waals surface area (Å²) in [7, 11) is 0. The van der Waals surface area contributed by atoms with Gasteiger partial charge in [-0.15, -0.1) is 0 Å². The lowest BCUT2D eigenvalue weighted by atomic mass is 10.1. The highest BCUT2D eigenvalue weighted by molar-refractivity contribution is 5.84. The van der Waals surface area contributed by atoms with Gasteiger partial charge in [-0.2, -0.15) is 0 Å². The monoisotopic (exact) mass is 236 g/mol. The lowest BCUT2D eigenvalue weighted by Crippen LogP contribution is -2.38. The molecule has 1 amide bonds. The highest BCUT2D eigenvalue weighted by atomic mass is 19.1. The summed E-state index contributed by atoms with van der Waals surface area (Å²) >= 11 is 0. The normalized spacial score (nSPS) is 20.6. The van der Waals surface area contributed by atoms with Crippen LogP contribution in [-0.4, -0.2) is 18.5 Å². The molecule has 0 radical (unpaired) electrons. The summed E-state index contributed by atoms with van der Waals surface area (Å²) in [5.74, 6) is -0.343. The molecular weight excluding hydrogens is 219 g/mol. The molecule has 2 rings (SSSR count). The molecule has 1 aromatic carbocycles. The van der Waals surface area contributed by atoms with Gasteiger partial charge in [-0.1, -0.05) is 6.07 Å². The molecule has 1 aliphatic rings. The Balaban J connectivity index is 2.10. The molecule has 1 heterocycles. The summed E-state index contributed by atoms with van der Waals surface area (Å²) < 4.78 is 13.6. The third kappa shape index (κ3) is 2.96. The van der Waals surface area contributed by atoms with E-state index in [0.29, 0.717) is 12.2 Å². The third-order valence-corrected chi connectivity index (χ3v) is 2.99. The fourth-order valence-corrected chi connectivity index (χ4v) is 2.00. The Hall–Kier alpha value is -1.58. The second-order valence-electron chi connectivity index (χ2n) is 4.47. The zero-order valence-corrected chi connectivity index (χ0v) is 9.92. The van der Waals surface area contributed by atoms with Crippen LogP contribution < -0.4 is 10.6 Å². The average molecular weight is 236 g/mol. The number of rotatable bonds is 2. The summed E-state index contributed by atoms with van der Waals surface area (Å²) in [5, 5.41) is 5.80. The highest BCUT2D eigenvalue weighted by Crippen LogP contribution is 2.18. The lowest BCUT2D eigenvalue weighted by Gasteiger charge is -2.17. The van der Waals surface area contributed by atoms with Crippen LogP contribution in [0.1, 0.15) is 24.8 Å². The number of hydrogen-bond acceptors (Lipinski definition) is 2. The van der Waals surface area contributed by atoms with Crippen molar-refractivity contribution in [1.29, 1.82) is 0 Å². The maximum Gasteiger partial charge on any atom is 0.242 e. The Bertz CT molecular complexity index is 420. The summed E-state index contributed by atoms with van der Waals surface area (Å²) in [6, 6.07) is 4.66. The lowest BCUT2D eigenvalue weighted by molar-refractivity contribution is -0.121. The van der Waals surface area contributed by atoms with Gasteiger partial charge in [0.05, 0.1) is 5.69 Å². The van der Waals surface area contributed by atoms with E-state index >= 15 is 0 Å². The predicted octanol–water partition coefficient (Wildman–Crippen LogP) is 2.21.